The number of amides is 1. The molecule has 3 aromatic rings. The lowest BCUT2D eigenvalue weighted by Gasteiger charge is -2.15. The van der Waals surface area contributed by atoms with Crippen molar-refractivity contribution in [3.05, 3.63) is 64.9 Å². The molecule has 1 heterocycles. The van der Waals surface area contributed by atoms with Gasteiger partial charge in [-0.3, -0.25) is 4.79 Å². The Morgan fingerprint density at radius 1 is 1.14 bits per heavy atom. The molecule has 0 radical (unpaired) electrons. The number of esters is 1. The van der Waals surface area contributed by atoms with Gasteiger partial charge in [0.25, 0.3) is 5.91 Å². The number of carbonyl (C=O) groups is 2. The third-order valence-electron chi connectivity index (χ3n) is 4.48. The van der Waals surface area contributed by atoms with E-state index < -0.39 is 18.0 Å². The number of furan rings is 1. The van der Waals surface area contributed by atoms with Crippen molar-refractivity contribution in [2.45, 2.75) is 33.5 Å². The number of hydrogen-bond acceptors (Lipinski definition) is 5. The van der Waals surface area contributed by atoms with Crippen LogP contribution in [0, 0.1) is 13.8 Å². The summed E-state index contributed by atoms with van der Waals surface area (Å²) >= 11 is 0. The van der Waals surface area contributed by atoms with E-state index in [2.05, 4.69) is 5.32 Å². The highest BCUT2D eigenvalue weighted by Gasteiger charge is 2.26. The van der Waals surface area contributed by atoms with Gasteiger partial charge in [0, 0.05) is 23.7 Å². The van der Waals surface area contributed by atoms with Crippen molar-refractivity contribution in [2.75, 3.05) is 12.4 Å². The van der Waals surface area contributed by atoms with Gasteiger partial charge >= 0.3 is 5.97 Å². The minimum Gasteiger partial charge on any atom is -0.449 e. The average Bonchev–Trinajstić information content (AvgIpc) is 3.04. The number of carbonyl (C=O) groups excluding carboxylic acids is 2. The molecule has 1 N–H and O–H groups in total. The summed E-state index contributed by atoms with van der Waals surface area (Å²) in [7, 11) is 1.54. The van der Waals surface area contributed by atoms with Gasteiger partial charge in [-0.1, -0.05) is 30.3 Å². The fourth-order valence-corrected chi connectivity index (χ4v) is 2.92. The molecular weight excluding hydrogens is 358 g/mol. The van der Waals surface area contributed by atoms with E-state index in [0.717, 1.165) is 16.5 Å². The third-order valence-corrected chi connectivity index (χ3v) is 4.48. The number of anilines is 1. The number of nitrogens with one attached hydrogen (secondary N) is 1. The maximum atomic E-state index is 12.6. The van der Waals surface area contributed by atoms with Crippen LogP contribution >= 0.6 is 0 Å². The monoisotopic (exact) mass is 381 g/mol. The van der Waals surface area contributed by atoms with Crippen LogP contribution in [0.1, 0.15) is 34.2 Å². The number of benzene rings is 2. The van der Waals surface area contributed by atoms with Gasteiger partial charge in [0.1, 0.15) is 5.58 Å². The molecule has 28 heavy (non-hydrogen) atoms. The normalized spacial score (nSPS) is 12.0. The van der Waals surface area contributed by atoms with Crippen LogP contribution in [0.4, 0.5) is 5.69 Å². The van der Waals surface area contributed by atoms with Crippen molar-refractivity contribution in [1.29, 1.82) is 0 Å². The highest BCUT2D eigenvalue weighted by Crippen LogP contribution is 2.27. The third kappa shape index (κ3) is 4.07. The fraction of sp³-hybridized carbons (Fsp3) is 0.273. The summed E-state index contributed by atoms with van der Waals surface area (Å²) in [6.07, 6.45) is -0.990. The molecule has 0 spiro atoms. The van der Waals surface area contributed by atoms with Crippen molar-refractivity contribution in [3.63, 3.8) is 0 Å². The summed E-state index contributed by atoms with van der Waals surface area (Å²) in [5, 5.41) is 3.58. The summed E-state index contributed by atoms with van der Waals surface area (Å²) in [6.45, 7) is 5.57. The van der Waals surface area contributed by atoms with Gasteiger partial charge in [-0.15, -0.1) is 0 Å². The molecule has 0 bridgehead atoms. The lowest BCUT2D eigenvalue weighted by molar-refractivity contribution is -0.123. The summed E-state index contributed by atoms with van der Waals surface area (Å²) in [6, 6.07) is 13.0. The predicted octanol–water partition coefficient (Wildman–Crippen LogP) is 4.38. The lowest BCUT2D eigenvalue weighted by Crippen LogP contribution is -2.30. The Bertz CT molecular complexity index is 1020. The van der Waals surface area contributed by atoms with Crippen molar-refractivity contribution < 1.29 is 23.5 Å². The average molecular weight is 381 g/mol. The smallest absolute Gasteiger partial charge is 0.375 e. The lowest BCUT2D eigenvalue weighted by atomic mass is 10.1. The molecule has 146 valence electrons. The fourth-order valence-electron chi connectivity index (χ4n) is 2.92. The highest BCUT2D eigenvalue weighted by molar-refractivity contribution is 5.99. The van der Waals surface area contributed by atoms with Crippen molar-refractivity contribution >= 4 is 28.5 Å². The second kappa shape index (κ2) is 8.27. The summed E-state index contributed by atoms with van der Waals surface area (Å²) in [4.78, 5) is 25.1. The second-order valence-electron chi connectivity index (χ2n) is 6.69. The van der Waals surface area contributed by atoms with Gasteiger partial charge in [0.2, 0.25) is 5.76 Å². The quantitative estimate of drug-likeness (QED) is 0.641. The minimum atomic E-state index is -0.990. The van der Waals surface area contributed by atoms with Crippen LogP contribution in [0.25, 0.3) is 11.0 Å². The Hall–Kier alpha value is -3.12. The van der Waals surface area contributed by atoms with Crippen LogP contribution in [-0.4, -0.2) is 25.1 Å². The van der Waals surface area contributed by atoms with Crippen LogP contribution in [0.5, 0.6) is 0 Å². The molecule has 0 aliphatic carbocycles. The summed E-state index contributed by atoms with van der Waals surface area (Å²) < 4.78 is 16.2. The molecule has 0 saturated carbocycles. The topological polar surface area (TPSA) is 77.8 Å². The summed E-state index contributed by atoms with van der Waals surface area (Å²) in [5.74, 6) is -1.06. The molecule has 0 saturated heterocycles. The van der Waals surface area contributed by atoms with Gasteiger partial charge in [0.15, 0.2) is 6.10 Å². The van der Waals surface area contributed by atoms with Crippen LogP contribution in [0.15, 0.2) is 46.9 Å². The summed E-state index contributed by atoms with van der Waals surface area (Å²) in [5.41, 5.74) is 3.81. The molecular formula is C22H23NO5. The van der Waals surface area contributed by atoms with Crippen molar-refractivity contribution in [1.82, 2.24) is 0 Å². The second-order valence-corrected chi connectivity index (χ2v) is 6.69. The van der Waals surface area contributed by atoms with Crippen LogP contribution in [-0.2, 0) is 20.9 Å². The Balaban J connectivity index is 1.77. The molecule has 1 aromatic heterocycles. The van der Waals surface area contributed by atoms with Gasteiger partial charge in [0.05, 0.1) is 6.61 Å². The standard InChI is InChI=1S/C22H23NO5/c1-13-9-10-14(2)18(11-13)23-21(24)15(3)27-22(25)20-17(12-26-4)16-7-5-6-8-19(16)28-20/h5-11,15H,12H2,1-4H3,(H,23,24). The maximum absolute atomic E-state index is 12.6. The molecule has 6 nitrogen and oxygen atoms in total. The predicted molar refractivity (Wildman–Crippen MR) is 106 cm³/mol. The van der Waals surface area contributed by atoms with E-state index in [4.69, 9.17) is 13.9 Å². The number of ether oxygens (including phenoxy) is 2. The molecule has 1 unspecified atom stereocenters. The molecule has 1 atom stereocenters. The first kappa shape index (κ1) is 19.6. The minimum absolute atomic E-state index is 0.0504. The highest BCUT2D eigenvalue weighted by atomic mass is 16.6. The van der Waals surface area contributed by atoms with E-state index in [9.17, 15) is 9.59 Å². The van der Waals surface area contributed by atoms with E-state index in [1.165, 1.54) is 14.0 Å². The molecule has 6 heteroatoms. The molecule has 0 aliphatic rings. The number of para-hydroxylation sites is 1. The SMILES string of the molecule is COCc1c(C(=O)OC(C)C(=O)Nc2cc(C)ccc2C)oc2ccccc12. The Labute approximate surface area is 163 Å². The first-order chi connectivity index (χ1) is 13.4. The first-order valence-corrected chi connectivity index (χ1v) is 8.99. The Morgan fingerprint density at radius 3 is 2.64 bits per heavy atom. The van der Waals surface area contributed by atoms with Crippen molar-refractivity contribution in [2.24, 2.45) is 0 Å². The van der Waals surface area contributed by atoms with E-state index in [-0.39, 0.29) is 12.4 Å². The number of rotatable bonds is 6. The Kier molecular flexibility index (Phi) is 5.80. The zero-order valence-electron chi connectivity index (χ0n) is 16.4. The number of aryl methyl sites for hydroxylation is 2. The molecule has 0 aliphatic heterocycles. The van der Waals surface area contributed by atoms with E-state index in [1.807, 2.05) is 50.2 Å². The zero-order chi connectivity index (χ0) is 20.3. The van der Waals surface area contributed by atoms with Gasteiger partial charge in [-0.25, -0.2) is 4.79 Å². The Morgan fingerprint density at radius 2 is 1.89 bits per heavy atom. The van der Waals surface area contributed by atoms with E-state index in [0.29, 0.717) is 16.8 Å². The number of methoxy groups -OCH3 is 1. The number of hydrogen-bond donors (Lipinski definition) is 1. The number of fused-ring (bicyclic) bond motifs is 1. The van der Waals surface area contributed by atoms with E-state index in [1.54, 1.807) is 6.07 Å². The molecule has 1 amide bonds. The maximum Gasteiger partial charge on any atom is 0.375 e. The van der Waals surface area contributed by atoms with Crippen molar-refractivity contribution in [3.8, 4) is 0 Å². The van der Waals surface area contributed by atoms with Crippen LogP contribution in [0.3, 0.4) is 0 Å². The molecule has 2 aromatic carbocycles. The first-order valence-electron chi connectivity index (χ1n) is 8.99. The molecule has 0 fully saturated rings. The van der Waals surface area contributed by atoms with E-state index >= 15 is 0 Å². The zero-order valence-corrected chi connectivity index (χ0v) is 16.4. The van der Waals surface area contributed by atoms with Gasteiger partial charge in [-0.2, -0.15) is 0 Å². The van der Waals surface area contributed by atoms with Crippen LogP contribution in [0.2, 0.25) is 0 Å². The van der Waals surface area contributed by atoms with Gasteiger partial charge in [-0.05, 0) is 44.0 Å². The van der Waals surface area contributed by atoms with Gasteiger partial charge < -0.3 is 19.2 Å². The van der Waals surface area contributed by atoms with Crippen LogP contribution < -0.4 is 5.32 Å². The largest absolute Gasteiger partial charge is 0.449 e. The molecule has 3 rings (SSSR count).